The maximum Gasteiger partial charge on any atom is 0.289 e. The zero-order valence-electron chi connectivity index (χ0n) is 24.5. The molecule has 0 bridgehead atoms. The lowest BCUT2D eigenvalue weighted by atomic mass is 9.83. The van der Waals surface area contributed by atoms with Crippen molar-refractivity contribution in [1.29, 1.82) is 0 Å². The molecule has 2 unspecified atom stereocenters. The Bertz CT molecular complexity index is 1220. The molecule has 13 nitrogen and oxygen atoms in total. The first kappa shape index (κ1) is 31.8. The van der Waals surface area contributed by atoms with Crippen molar-refractivity contribution in [3.63, 3.8) is 0 Å². The van der Waals surface area contributed by atoms with Crippen LogP contribution in [-0.4, -0.2) is 70.0 Å². The molecule has 3 aliphatic carbocycles. The minimum absolute atomic E-state index is 0.00675. The molecule has 0 aliphatic heterocycles. The van der Waals surface area contributed by atoms with E-state index in [4.69, 9.17) is 0 Å². The normalized spacial score (nSPS) is 18.5. The molecule has 3 fully saturated rings. The fourth-order valence-corrected chi connectivity index (χ4v) is 5.08. The van der Waals surface area contributed by atoms with E-state index >= 15 is 0 Å². The van der Waals surface area contributed by atoms with Crippen molar-refractivity contribution in [3.8, 4) is 0 Å². The summed E-state index contributed by atoms with van der Waals surface area (Å²) in [5.41, 5.74) is 0.0534. The van der Waals surface area contributed by atoms with Gasteiger partial charge in [-0.25, -0.2) is 4.98 Å². The van der Waals surface area contributed by atoms with Crippen molar-refractivity contribution in [2.45, 2.75) is 95.7 Å². The minimum Gasteiger partial charge on any atom is -0.347 e. The van der Waals surface area contributed by atoms with Gasteiger partial charge in [-0.3, -0.25) is 33.8 Å². The number of nitrogens with one attached hydrogen (secondary N) is 5. The second kappa shape index (κ2) is 15.4. The number of Topliss-reactive ketones (excluding diaryl/α,β-unsaturated/α-hetero) is 1. The van der Waals surface area contributed by atoms with E-state index in [1.807, 2.05) is 6.92 Å². The summed E-state index contributed by atoms with van der Waals surface area (Å²) in [5, 5.41) is 13.2. The number of hydrogen-bond acceptors (Lipinski definition) is 8. The lowest BCUT2D eigenvalue weighted by molar-refractivity contribution is -0.140. The Hall–Kier alpha value is -4.16. The van der Waals surface area contributed by atoms with E-state index < -0.39 is 53.9 Å². The molecule has 3 aliphatic rings. The van der Waals surface area contributed by atoms with E-state index in [0.717, 1.165) is 57.8 Å². The third kappa shape index (κ3) is 9.97. The van der Waals surface area contributed by atoms with Crippen molar-refractivity contribution in [1.82, 2.24) is 36.6 Å². The summed E-state index contributed by atoms with van der Waals surface area (Å²) in [5.74, 6) is -3.77. The zero-order chi connectivity index (χ0) is 30.8. The Morgan fingerprint density at radius 2 is 1.67 bits per heavy atom. The molecule has 4 rings (SSSR count). The molecule has 1 aromatic heterocycles. The molecule has 13 heteroatoms. The van der Waals surface area contributed by atoms with Crippen LogP contribution in [-0.2, 0) is 24.0 Å². The van der Waals surface area contributed by atoms with Crippen molar-refractivity contribution in [2.75, 3.05) is 6.54 Å². The van der Waals surface area contributed by atoms with Crippen molar-refractivity contribution in [2.24, 2.45) is 11.8 Å². The lowest BCUT2D eigenvalue weighted by Gasteiger charge is -2.30. The summed E-state index contributed by atoms with van der Waals surface area (Å²) in [4.78, 5) is 85.1. The Labute approximate surface area is 250 Å². The molecule has 0 aromatic carbocycles. The first-order valence-corrected chi connectivity index (χ1v) is 15.3. The first-order chi connectivity index (χ1) is 20.7. The van der Waals surface area contributed by atoms with E-state index in [2.05, 4.69) is 36.6 Å². The van der Waals surface area contributed by atoms with E-state index in [9.17, 15) is 28.8 Å². The van der Waals surface area contributed by atoms with Gasteiger partial charge in [0.2, 0.25) is 17.6 Å². The van der Waals surface area contributed by atoms with Crippen LogP contribution < -0.4 is 26.6 Å². The van der Waals surface area contributed by atoms with Crippen LogP contribution in [0, 0.1) is 11.8 Å². The van der Waals surface area contributed by atoms with Crippen molar-refractivity contribution < 1.29 is 28.8 Å². The molecule has 232 valence electrons. The average molecular weight is 596 g/mol. The van der Waals surface area contributed by atoms with Gasteiger partial charge in [0.15, 0.2) is 0 Å². The van der Waals surface area contributed by atoms with Crippen LogP contribution in [0.3, 0.4) is 0 Å². The summed E-state index contributed by atoms with van der Waals surface area (Å²) >= 11 is 0. The average Bonchev–Trinajstić information content (AvgIpc) is 3.96. The highest BCUT2D eigenvalue weighted by Crippen LogP contribution is 2.31. The van der Waals surface area contributed by atoms with Crippen LogP contribution in [0.4, 0.5) is 0 Å². The van der Waals surface area contributed by atoms with E-state index in [0.29, 0.717) is 6.42 Å². The van der Waals surface area contributed by atoms with E-state index in [1.165, 1.54) is 18.6 Å². The van der Waals surface area contributed by atoms with Gasteiger partial charge in [0.25, 0.3) is 17.7 Å². The van der Waals surface area contributed by atoms with E-state index in [-0.39, 0.29) is 35.7 Å². The van der Waals surface area contributed by atoms with Gasteiger partial charge in [-0.15, -0.1) is 0 Å². The van der Waals surface area contributed by atoms with Crippen molar-refractivity contribution in [3.05, 3.63) is 36.1 Å². The quantitative estimate of drug-likeness (QED) is 0.145. The molecule has 3 saturated carbocycles. The molecule has 5 amide bonds. The van der Waals surface area contributed by atoms with Crippen LogP contribution in [0.2, 0.25) is 0 Å². The molecule has 5 N–H and O–H groups in total. The fraction of sp³-hybridized carbons (Fsp3) is 0.600. The van der Waals surface area contributed by atoms with Crippen molar-refractivity contribution >= 4 is 35.3 Å². The number of allylic oxidation sites excluding steroid dienone is 1. The van der Waals surface area contributed by atoms with E-state index in [1.54, 1.807) is 6.08 Å². The molecule has 0 spiro atoms. The van der Waals surface area contributed by atoms with Crippen LogP contribution in [0.5, 0.6) is 0 Å². The third-order valence-corrected chi connectivity index (χ3v) is 7.79. The Morgan fingerprint density at radius 3 is 2.30 bits per heavy atom. The monoisotopic (exact) mass is 595 g/mol. The number of aromatic nitrogens is 2. The van der Waals surface area contributed by atoms with Gasteiger partial charge < -0.3 is 26.6 Å². The molecule has 43 heavy (non-hydrogen) atoms. The lowest BCUT2D eigenvalue weighted by Crippen LogP contribution is -2.53. The number of amides is 5. The predicted octanol–water partition coefficient (Wildman–Crippen LogP) is 0.814. The Kier molecular flexibility index (Phi) is 11.3. The molecule has 1 heterocycles. The van der Waals surface area contributed by atoms with Crippen LogP contribution in [0.25, 0.3) is 0 Å². The predicted molar refractivity (Wildman–Crippen MR) is 155 cm³/mol. The first-order valence-electron chi connectivity index (χ1n) is 15.3. The third-order valence-electron chi connectivity index (χ3n) is 7.79. The molecule has 0 radical (unpaired) electrons. The summed E-state index contributed by atoms with van der Waals surface area (Å²) in [6.45, 7) is 1.41. The topological polar surface area (TPSA) is 188 Å². The largest absolute Gasteiger partial charge is 0.347 e. The Balaban J connectivity index is 1.35. The van der Waals surface area contributed by atoms with Gasteiger partial charge in [0, 0.05) is 18.4 Å². The number of carbonyl (C=O) groups is 6. The zero-order valence-corrected chi connectivity index (χ0v) is 24.5. The number of rotatable bonds is 15. The second-order valence-corrected chi connectivity index (χ2v) is 11.6. The maximum atomic E-state index is 13.2. The van der Waals surface area contributed by atoms with Gasteiger partial charge in [0.1, 0.15) is 17.4 Å². The van der Waals surface area contributed by atoms with Crippen LogP contribution in [0.15, 0.2) is 30.4 Å². The maximum absolute atomic E-state index is 13.2. The van der Waals surface area contributed by atoms with Crippen LogP contribution >= 0.6 is 0 Å². The second-order valence-electron chi connectivity index (χ2n) is 11.6. The minimum atomic E-state index is -1.02. The number of nitrogens with zero attached hydrogens (tertiary/aromatic N) is 2. The smallest absolute Gasteiger partial charge is 0.289 e. The number of hydrogen-bond donors (Lipinski definition) is 5. The summed E-state index contributed by atoms with van der Waals surface area (Å²) in [6, 6.07) is -1.88. The molecule has 2 atom stereocenters. The highest BCUT2D eigenvalue weighted by atomic mass is 16.2. The van der Waals surface area contributed by atoms with Gasteiger partial charge in [0.05, 0.1) is 18.8 Å². The highest BCUT2D eigenvalue weighted by Gasteiger charge is 2.34. The molecular weight excluding hydrogens is 554 g/mol. The summed E-state index contributed by atoms with van der Waals surface area (Å²) in [7, 11) is 0. The molecule has 1 aromatic rings. The van der Waals surface area contributed by atoms with Gasteiger partial charge in [-0.2, -0.15) is 0 Å². The summed E-state index contributed by atoms with van der Waals surface area (Å²) in [6.07, 6.45) is 14.4. The molecule has 0 saturated heterocycles. The number of carbonyl (C=O) groups excluding carboxylic acids is 6. The molecular formula is C30H41N7O6. The number of ketones is 1. The highest BCUT2D eigenvalue weighted by molar-refractivity contribution is 6.38. The van der Waals surface area contributed by atoms with Gasteiger partial charge >= 0.3 is 0 Å². The van der Waals surface area contributed by atoms with Crippen LogP contribution in [0.1, 0.15) is 88.0 Å². The fourth-order valence-electron chi connectivity index (χ4n) is 5.08. The van der Waals surface area contributed by atoms with Gasteiger partial charge in [-0.1, -0.05) is 38.7 Å². The Morgan fingerprint density at radius 1 is 0.930 bits per heavy atom. The standard InChI is InChI=1S/C30H41N7O6/c1-2-6-21(26(39)30(43)34-20-11-12-20)36-27(40)22(15-18-9-10-18)35-24(38)17-33-29(42)25(19-7-4-3-5-8-19)37-28(41)23-16-31-13-14-32-23/h13-16,18-21,25H,2-12,17H2,1H3,(H,33,42)(H,34,43)(H,35,38)(H,36,40)(H,37,41)/b22-15+. The van der Waals surface area contributed by atoms with Gasteiger partial charge in [-0.05, 0) is 56.8 Å². The summed E-state index contributed by atoms with van der Waals surface area (Å²) < 4.78 is 0. The SMILES string of the molecule is CCCC(NC(=O)/C(=C\C1CC1)NC(=O)CNC(=O)C(NC(=O)c1cnccn1)C1CCCCC1)C(=O)C(=O)NC1CC1.